The molecule has 112 valence electrons. The summed E-state index contributed by atoms with van der Waals surface area (Å²) in [7, 11) is 2.02. The van der Waals surface area contributed by atoms with E-state index < -0.39 is 0 Å². The number of rotatable bonds is 6. The molecule has 2 unspecified atom stereocenters. The Kier molecular flexibility index (Phi) is 5.61. The molecule has 5 nitrogen and oxygen atoms in total. The SMILES string of the molecule is CN(CC(=O)NCc1ccco1)C1CCCCC1CN. The van der Waals surface area contributed by atoms with Crippen LogP contribution in [0.25, 0.3) is 0 Å². The summed E-state index contributed by atoms with van der Waals surface area (Å²) in [5.41, 5.74) is 5.85. The van der Waals surface area contributed by atoms with Crippen LogP contribution in [-0.4, -0.2) is 37.0 Å². The molecule has 2 rings (SSSR count). The van der Waals surface area contributed by atoms with Gasteiger partial charge in [0, 0.05) is 6.04 Å². The number of hydrogen-bond acceptors (Lipinski definition) is 4. The van der Waals surface area contributed by atoms with Crippen molar-refractivity contribution < 1.29 is 9.21 Å². The summed E-state index contributed by atoms with van der Waals surface area (Å²) in [6.45, 7) is 1.58. The largest absolute Gasteiger partial charge is 0.467 e. The summed E-state index contributed by atoms with van der Waals surface area (Å²) in [6.07, 6.45) is 6.43. The van der Waals surface area contributed by atoms with Gasteiger partial charge in [-0.05, 0) is 44.5 Å². The third-order valence-corrected chi connectivity index (χ3v) is 4.17. The van der Waals surface area contributed by atoms with Gasteiger partial charge in [-0.1, -0.05) is 12.8 Å². The van der Waals surface area contributed by atoms with E-state index in [2.05, 4.69) is 10.2 Å². The van der Waals surface area contributed by atoms with Gasteiger partial charge in [-0.25, -0.2) is 0 Å². The average Bonchev–Trinajstić information content (AvgIpc) is 2.98. The molecule has 5 heteroatoms. The zero-order valence-electron chi connectivity index (χ0n) is 12.2. The summed E-state index contributed by atoms with van der Waals surface area (Å²) in [5.74, 6) is 1.33. The third kappa shape index (κ3) is 4.08. The maximum Gasteiger partial charge on any atom is 0.234 e. The number of hydrogen-bond donors (Lipinski definition) is 2. The summed E-state index contributed by atoms with van der Waals surface area (Å²) < 4.78 is 5.19. The quantitative estimate of drug-likeness (QED) is 0.824. The van der Waals surface area contributed by atoms with Crippen molar-refractivity contribution in [3.8, 4) is 0 Å². The normalized spacial score (nSPS) is 22.9. The molecule has 0 spiro atoms. The van der Waals surface area contributed by atoms with Crippen LogP contribution >= 0.6 is 0 Å². The first-order valence-corrected chi connectivity index (χ1v) is 7.40. The number of carbonyl (C=O) groups is 1. The maximum absolute atomic E-state index is 12.0. The molecule has 3 N–H and O–H groups in total. The van der Waals surface area contributed by atoms with Gasteiger partial charge in [0.15, 0.2) is 0 Å². The molecule has 2 atom stereocenters. The molecule has 0 saturated heterocycles. The van der Waals surface area contributed by atoms with Crippen molar-refractivity contribution in [2.75, 3.05) is 20.1 Å². The summed E-state index contributed by atoms with van der Waals surface area (Å²) >= 11 is 0. The molecule has 0 radical (unpaired) electrons. The first-order chi connectivity index (χ1) is 9.70. The van der Waals surface area contributed by atoms with Crippen LogP contribution in [0.3, 0.4) is 0 Å². The lowest BCUT2D eigenvalue weighted by molar-refractivity contribution is -0.123. The van der Waals surface area contributed by atoms with Gasteiger partial charge in [-0.15, -0.1) is 0 Å². The van der Waals surface area contributed by atoms with E-state index in [4.69, 9.17) is 10.2 Å². The fraction of sp³-hybridized carbons (Fsp3) is 0.667. The van der Waals surface area contributed by atoms with E-state index in [-0.39, 0.29) is 5.91 Å². The molecule has 1 aliphatic carbocycles. The number of nitrogens with two attached hydrogens (primary N) is 1. The number of amides is 1. The topological polar surface area (TPSA) is 71.5 Å². The van der Waals surface area contributed by atoms with Gasteiger partial charge in [0.05, 0.1) is 19.4 Å². The van der Waals surface area contributed by atoms with Gasteiger partial charge < -0.3 is 15.5 Å². The lowest BCUT2D eigenvalue weighted by atomic mass is 9.84. The minimum Gasteiger partial charge on any atom is -0.467 e. The van der Waals surface area contributed by atoms with Gasteiger partial charge in [0.1, 0.15) is 5.76 Å². The van der Waals surface area contributed by atoms with Gasteiger partial charge in [0.2, 0.25) is 5.91 Å². The standard InChI is InChI=1S/C15H25N3O2/c1-18(14-7-3-2-5-12(14)9-16)11-15(19)17-10-13-6-4-8-20-13/h4,6,8,12,14H,2-3,5,7,9-11,16H2,1H3,(H,17,19). The van der Waals surface area contributed by atoms with Crippen LogP contribution in [-0.2, 0) is 11.3 Å². The summed E-state index contributed by atoms with van der Waals surface area (Å²) in [6, 6.07) is 4.11. The molecular weight excluding hydrogens is 254 g/mol. The summed E-state index contributed by atoms with van der Waals surface area (Å²) in [5, 5.41) is 2.88. The first-order valence-electron chi connectivity index (χ1n) is 7.40. The highest BCUT2D eigenvalue weighted by atomic mass is 16.3. The second-order valence-corrected chi connectivity index (χ2v) is 5.62. The Morgan fingerprint density at radius 3 is 3.00 bits per heavy atom. The van der Waals surface area contributed by atoms with Gasteiger partial charge in [-0.2, -0.15) is 0 Å². The van der Waals surface area contributed by atoms with Gasteiger partial charge in [0.25, 0.3) is 0 Å². The fourth-order valence-corrected chi connectivity index (χ4v) is 3.04. The van der Waals surface area contributed by atoms with E-state index in [1.54, 1.807) is 6.26 Å². The molecule has 1 heterocycles. The molecule has 0 aliphatic heterocycles. The number of nitrogens with one attached hydrogen (secondary N) is 1. The van der Waals surface area contributed by atoms with Crippen LogP contribution in [0, 0.1) is 5.92 Å². The Bertz CT molecular complexity index is 405. The van der Waals surface area contributed by atoms with Crippen LogP contribution in [0.2, 0.25) is 0 Å². The molecule has 1 aromatic heterocycles. The van der Waals surface area contributed by atoms with E-state index in [1.807, 2.05) is 19.2 Å². The van der Waals surface area contributed by atoms with Crippen molar-refractivity contribution in [2.45, 2.75) is 38.3 Å². The molecule has 1 aliphatic rings. The van der Waals surface area contributed by atoms with Crippen molar-refractivity contribution in [3.63, 3.8) is 0 Å². The van der Waals surface area contributed by atoms with Crippen molar-refractivity contribution >= 4 is 5.91 Å². The molecule has 20 heavy (non-hydrogen) atoms. The molecule has 0 bridgehead atoms. The van der Waals surface area contributed by atoms with Crippen LogP contribution in [0.15, 0.2) is 22.8 Å². The number of carbonyl (C=O) groups excluding carboxylic acids is 1. The molecule has 1 fully saturated rings. The van der Waals surface area contributed by atoms with Crippen LogP contribution in [0.5, 0.6) is 0 Å². The molecule has 1 aromatic rings. The minimum absolute atomic E-state index is 0.0326. The Morgan fingerprint density at radius 1 is 1.50 bits per heavy atom. The Morgan fingerprint density at radius 2 is 2.30 bits per heavy atom. The second kappa shape index (κ2) is 7.45. The minimum atomic E-state index is 0.0326. The highest BCUT2D eigenvalue weighted by molar-refractivity contribution is 5.77. The van der Waals surface area contributed by atoms with E-state index in [0.717, 1.165) is 12.2 Å². The lowest BCUT2D eigenvalue weighted by Crippen LogP contribution is -2.46. The lowest BCUT2D eigenvalue weighted by Gasteiger charge is -2.37. The Labute approximate surface area is 120 Å². The predicted octanol–water partition coefficient (Wildman–Crippen LogP) is 1.35. The van der Waals surface area contributed by atoms with Crippen LogP contribution in [0.1, 0.15) is 31.4 Å². The average molecular weight is 279 g/mol. The van der Waals surface area contributed by atoms with E-state index >= 15 is 0 Å². The predicted molar refractivity (Wildman–Crippen MR) is 78.0 cm³/mol. The highest BCUT2D eigenvalue weighted by Gasteiger charge is 2.28. The number of nitrogens with zero attached hydrogens (tertiary/aromatic N) is 1. The van der Waals surface area contributed by atoms with Crippen LogP contribution < -0.4 is 11.1 Å². The maximum atomic E-state index is 12.0. The Hall–Kier alpha value is -1.33. The second-order valence-electron chi connectivity index (χ2n) is 5.62. The van der Waals surface area contributed by atoms with Gasteiger partial charge in [-0.3, -0.25) is 9.69 Å². The van der Waals surface area contributed by atoms with Crippen molar-refractivity contribution in [1.82, 2.24) is 10.2 Å². The van der Waals surface area contributed by atoms with Crippen LogP contribution in [0.4, 0.5) is 0 Å². The first kappa shape index (κ1) is 15.1. The van der Waals surface area contributed by atoms with Crippen molar-refractivity contribution in [1.29, 1.82) is 0 Å². The van der Waals surface area contributed by atoms with Gasteiger partial charge >= 0.3 is 0 Å². The number of furan rings is 1. The fourth-order valence-electron chi connectivity index (χ4n) is 3.04. The molecular formula is C15H25N3O2. The third-order valence-electron chi connectivity index (χ3n) is 4.17. The highest BCUT2D eigenvalue weighted by Crippen LogP contribution is 2.26. The zero-order valence-corrected chi connectivity index (χ0v) is 12.2. The smallest absolute Gasteiger partial charge is 0.234 e. The Balaban J connectivity index is 1.77. The molecule has 1 amide bonds. The zero-order chi connectivity index (χ0) is 14.4. The monoisotopic (exact) mass is 279 g/mol. The van der Waals surface area contributed by atoms with Crippen molar-refractivity contribution in [3.05, 3.63) is 24.2 Å². The van der Waals surface area contributed by atoms with E-state index in [0.29, 0.717) is 31.6 Å². The molecule has 0 aromatic carbocycles. The summed E-state index contributed by atoms with van der Waals surface area (Å²) in [4.78, 5) is 14.1. The van der Waals surface area contributed by atoms with E-state index in [9.17, 15) is 4.79 Å². The number of likely N-dealkylation sites (N-methyl/N-ethyl adjacent to an activating group) is 1. The van der Waals surface area contributed by atoms with E-state index in [1.165, 1.54) is 19.3 Å². The van der Waals surface area contributed by atoms with Crippen molar-refractivity contribution in [2.24, 2.45) is 11.7 Å². The molecule has 1 saturated carbocycles.